The quantitative estimate of drug-likeness (QED) is 0.178. The van der Waals surface area contributed by atoms with E-state index in [1.165, 1.54) is 0 Å². The van der Waals surface area contributed by atoms with Crippen molar-refractivity contribution in [1.29, 1.82) is 0 Å². The van der Waals surface area contributed by atoms with E-state index >= 15 is 0 Å². The van der Waals surface area contributed by atoms with Gasteiger partial charge >= 0.3 is 12.2 Å². The van der Waals surface area contributed by atoms with Crippen molar-refractivity contribution in [3.63, 3.8) is 0 Å². The molecule has 0 saturated carbocycles. The van der Waals surface area contributed by atoms with Crippen LogP contribution in [0.2, 0.25) is 0 Å². The number of unbranched alkanes of at least 4 members (excludes halogenated alkanes) is 4. The molecule has 0 heterocycles. The molecule has 194 valence electrons. The van der Waals surface area contributed by atoms with Crippen molar-refractivity contribution < 1.29 is 23.9 Å². The number of hydrogen-bond acceptors (Lipinski definition) is 7. The fourth-order valence-electron chi connectivity index (χ4n) is 2.93. The maximum atomic E-state index is 12.4. The third kappa shape index (κ3) is 20.3. The largest absolute Gasteiger partial charge is 0.450 e. The van der Waals surface area contributed by atoms with Gasteiger partial charge in [0.1, 0.15) is 5.60 Å². The summed E-state index contributed by atoms with van der Waals surface area (Å²) in [4.78, 5) is 37.6. The van der Waals surface area contributed by atoms with E-state index in [0.29, 0.717) is 32.4 Å². The summed E-state index contributed by atoms with van der Waals surface area (Å²) in [5.41, 5.74) is -0.540. The van der Waals surface area contributed by atoms with Crippen LogP contribution in [0.3, 0.4) is 0 Å². The molecule has 0 unspecified atom stereocenters. The lowest BCUT2D eigenvalue weighted by Gasteiger charge is -2.27. The summed E-state index contributed by atoms with van der Waals surface area (Å²) in [6.45, 7) is 8.78. The van der Waals surface area contributed by atoms with Gasteiger partial charge in [0.25, 0.3) is 0 Å². The Morgan fingerprint density at radius 3 is 2.09 bits per heavy atom. The molecular formula is C23H47N5O5. The predicted octanol–water partition coefficient (Wildman–Crippen LogP) is 2.58. The van der Waals surface area contributed by atoms with Crippen LogP contribution < -0.4 is 21.3 Å². The van der Waals surface area contributed by atoms with Crippen LogP contribution in [0.5, 0.6) is 0 Å². The van der Waals surface area contributed by atoms with E-state index in [2.05, 4.69) is 21.3 Å². The minimum Gasteiger partial charge on any atom is -0.450 e. The topological polar surface area (TPSA) is 121 Å². The highest BCUT2D eigenvalue weighted by Crippen LogP contribution is 2.11. The van der Waals surface area contributed by atoms with Crippen LogP contribution in [0.1, 0.15) is 72.1 Å². The highest BCUT2D eigenvalue weighted by atomic mass is 16.6. The molecule has 0 atom stereocenters. The molecule has 0 aliphatic heterocycles. The molecule has 0 aliphatic rings. The number of carbonyl (C=O) groups is 3. The van der Waals surface area contributed by atoms with Crippen LogP contribution in [0.4, 0.5) is 9.59 Å². The first-order valence-electron chi connectivity index (χ1n) is 12.1. The molecule has 0 aromatic carbocycles. The maximum Gasteiger partial charge on any atom is 0.410 e. The smallest absolute Gasteiger partial charge is 0.410 e. The van der Waals surface area contributed by atoms with Crippen LogP contribution in [-0.4, -0.2) is 82.1 Å². The van der Waals surface area contributed by atoms with E-state index in [1.807, 2.05) is 34.9 Å². The van der Waals surface area contributed by atoms with Gasteiger partial charge in [0.2, 0.25) is 5.91 Å². The second-order valence-corrected chi connectivity index (χ2v) is 8.99. The molecule has 0 spiro atoms. The first kappa shape index (κ1) is 30.9. The normalized spacial score (nSPS) is 11.1. The van der Waals surface area contributed by atoms with Crippen molar-refractivity contribution in [2.45, 2.75) is 77.7 Å². The summed E-state index contributed by atoms with van der Waals surface area (Å²) >= 11 is 0. The molecule has 33 heavy (non-hydrogen) atoms. The van der Waals surface area contributed by atoms with E-state index < -0.39 is 11.7 Å². The van der Waals surface area contributed by atoms with Gasteiger partial charge < -0.3 is 35.6 Å². The molecule has 10 heteroatoms. The Bertz CT molecular complexity index is 540. The van der Waals surface area contributed by atoms with Crippen LogP contribution in [0.25, 0.3) is 0 Å². The summed E-state index contributed by atoms with van der Waals surface area (Å²) in [6, 6.07) is 0. The zero-order valence-corrected chi connectivity index (χ0v) is 21.4. The van der Waals surface area contributed by atoms with Gasteiger partial charge in [0.05, 0.1) is 13.3 Å². The minimum atomic E-state index is -0.569. The van der Waals surface area contributed by atoms with E-state index in [-0.39, 0.29) is 25.3 Å². The lowest BCUT2D eigenvalue weighted by atomic mass is 10.1. The van der Waals surface area contributed by atoms with Gasteiger partial charge in [-0.1, -0.05) is 12.8 Å². The van der Waals surface area contributed by atoms with Crippen LogP contribution >= 0.6 is 0 Å². The maximum absolute atomic E-state index is 12.4. The Labute approximate surface area is 199 Å². The van der Waals surface area contributed by atoms with Crippen molar-refractivity contribution in [3.05, 3.63) is 0 Å². The zero-order valence-electron chi connectivity index (χ0n) is 21.4. The average Bonchev–Trinajstić information content (AvgIpc) is 2.73. The average molecular weight is 474 g/mol. The summed E-state index contributed by atoms with van der Waals surface area (Å²) in [7, 11) is 3.80. The number of alkyl carbamates (subject to hydrolysis) is 1. The van der Waals surface area contributed by atoms with Crippen molar-refractivity contribution >= 4 is 18.1 Å². The number of nitrogens with one attached hydrogen (secondary N) is 4. The fraction of sp³-hybridized carbons (Fsp3) is 0.870. The predicted molar refractivity (Wildman–Crippen MR) is 130 cm³/mol. The number of hydrogen-bond donors (Lipinski definition) is 4. The van der Waals surface area contributed by atoms with Crippen LogP contribution in [-0.2, 0) is 14.3 Å². The lowest BCUT2D eigenvalue weighted by molar-refractivity contribution is -0.121. The van der Waals surface area contributed by atoms with Crippen molar-refractivity contribution in [2.75, 3.05) is 53.5 Å². The zero-order chi connectivity index (χ0) is 25.0. The molecule has 0 bridgehead atoms. The third-order valence-corrected chi connectivity index (χ3v) is 4.66. The fourth-order valence-corrected chi connectivity index (χ4v) is 2.93. The summed E-state index contributed by atoms with van der Waals surface area (Å²) < 4.78 is 10.6. The SMILES string of the molecule is CNCCCCCCC(=O)NCNC(=O)OCCCCN(CCCNC)C(=O)OC(C)(C)C. The number of ether oxygens (including phenoxy) is 2. The highest BCUT2D eigenvalue weighted by molar-refractivity contribution is 5.76. The molecule has 0 aromatic heterocycles. The van der Waals surface area contributed by atoms with Gasteiger partial charge in [-0.2, -0.15) is 0 Å². The standard InChI is InChI=1S/C23H47N5O5/c1-23(2,3)33-22(31)28(17-12-15-25-5)16-10-11-18-32-21(30)27-19-26-20(29)13-8-6-7-9-14-24-4/h24-25H,6-19H2,1-5H3,(H,26,29)(H,27,30). The summed E-state index contributed by atoms with van der Waals surface area (Å²) in [5, 5.41) is 11.3. The second-order valence-electron chi connectivity index (χ2n) is 8.99. The Morgan fingerprint density at radius 2 is 1.42 bits per heavy atom. The van der Waals surface area contributed by atoms with E-state index in [1.54, 1.807) is 4.90 Å². The Kier molecular flexibility index (Phi) is 18.2. The monoisotopic (exact) mass is 473 g/mol. The number of nitrogens with zero attached hydrogens (tertiary/aromatic N) is 1. The van der Waals surface area contributed by atoms with Crippen LogP contribution in [0, 0.1) is 0 Å². The van der Waals surface area contributed by atoms with E-state index in [0.717, 1.165) is 45.2 Å². The molecule has 3 amide bonds. The van der Waals surface area contributed by atoms with Crippen molar-refractivity contribution in [2.24, 2.45) is 0 Å². The molecule has 0 aliphatic carbocycles. The first-order chi connectivity index (χ1) is 15.7. The Morgan fingerprint density at radius 1 is 0.788 bits per heavy atom. The number of amides is 3. The molecule has 4 N–H and O–H groups in total. The highest BCUT2D eigenvalue weighted by Gasteiger charge is 2.21. The second kappa shape index (κ2) is 19.4. The van der Waals surface area contributed by atoms with Gasteiger partial charge in [-0.05, 0) is 80.1 Å². The van der Waals surface area contributed by atoms with Gasteiger partial charge in [0.15, 0.2) is 0 Å². The molecule has 0 aromatic rings. The van der Waals surface area contributed by atoms with Crippen molar-refractivity contribution in [3.8, 4) is 0 Å². The molecule has 0 fully saturated rings. The Hall–Kier alpha value is -2.07. The van der Waals surface area contributed by atoms with Gasteiger partial charge in [-0.3, -0.25) is 4.79 Å². The molecule has 0 saturated heterocycles. The number of carbonyl (C=O) groups excluding carboxylic acids is 3. The molecular weight excluding hydrogens is 426 g/mol. The number of rotatable bonds is 18. The summed E-state index contributed by atoms with van der Waals surface area (Å²) in [6.07, 6.45) is 5.78. The Balaban J connectivity index is 3.92. The molecule has 0 radical (unpaired) electrons. The molecule has 10 nitrogen and oxygen atoms in total. The van der Waals surface area contributed by atoms with Crippen LogP contribution in [0.15, 0.2) is 0 Å². The van der Waals surface area contributed by atoms with Gasteiger partial charge in [-0.25, -0.2) is 9.59 Å². The van der Waals surface area contributed by atoms with Gasteiger partial charge in [0, 0.05) is 19.5 Å². The third-order valence-electron chi connectivity index (χ3n) is 4.66. The van der Waals surface area contributed by atoms with E-state index in [4.69, 9.17) is 9.47 Å². The van der Waals surface area contributed by atoms with Crippen molar-refractivity contribution in [1.82, 2.24) is 26.2 Å². The lowest BCUT2D eigenvalue weighted by Crippen LogP contribution is -2.39. The summed E-state index contributed by atoms with van der Waals surface area (Å²) in [5.74, 6) is -0.0792. The van der Waals surface area contributed by atoms with Gasteiger partial charge in [-0.15, -0.1) is 0 Å². The van der Waals surface area contributed by atoms with E-state index in [9.17, 15) is 14.4 Å². The molecule has 0 rings (SSSR count). The minimum absolute atomic E-state index is 0.0509. The first-order valence-corrected chi connectivity index (χ1v) is 12.1.